The minimum absolute atomic E-state index is 0.146. The number of amides is 1. The number of ether oxygens (including phenoxy) is 1. The molecule has 2 aromatic carbocycles. The molecule has 0 spiro atoms. The van der Waals surface area contributed by atoms with Gasteiger partial charge in [0.05, 0.1) is 0 Å². The van der Waals surface area contributed by atoms with E-state index in [-0.39, 0.29) is 5.91 Å². The number of anilines is 1. The van der Waals surface area contributed by atoms with Crippen molar-refractivity contribution in [1.82, 2.24) is 0 Å². The molecule has 0 aliphatic rings. The fourth-order valence-electron chi connectivity index (χ4n) is 2.17. The number of aryl methyl sites for hydroxylation is 3. The standard InChI is InChI=1S/C19H23NO2/c1-12-9-10-17(11-14(12)3)22-16(5)19(21)20-18-8-6-7-13(2)15(18)4/h6-11,16H,1-5H3,(H,20,21)/t16-/m1/s1. The Hall–Kier alpha value is -2.29. The zero-order chi connectivity index (χ0) is 16.3. The maximum Gasteiger partial charge on any atom is 0.265 e. The van der Waals surface area contributed by atoms with E-state index >= 15 is 0 Å². The van der Waals surface area contributed by atoms with Gasteiger partial charge in [-0.25, -0.2) is 0 Å². The summed E-state index contributed by atoms with van der Waals surface area (Å²) in [5.41, 5.74) is 5.43. The molecule has 0 aliphatic carbocycles. The molecule has 0 aliphatic heterocycles. The van der Waals surface area contributed by atoms with Gasteiger partial charge in [-0.1, -0.05) is 18.2 Å². The third-order valence-electron chi connectivity index (χ3n) is 4.02. The molecule has 0 saturated carbocycles. The predicted octanol–water partition coefficient (Wildman–Crippen LogP) is 4.33. The molecule has 0 saturated heterocycles. The molecule has 1 amide bonds. The minimum atomic E-state index is -0.554. The van der Waals surface area contributed by atoms with E-state index < -0.39 is 6.10 Å². The SMILES string of the molecule is Cc1ccc(O[C@H](C)C(=O)Nc2cccc(C)c2C)cc1C. The number of rotatable bonds is 4. The van der Waals surface area contributed by atoms with Crippen LogP contribution in [-0.2, 0) is 4.79 Å². The number of benzene rings is 2. The van der Waals surface area contributed by atoms with Crippen LogP contribution < -0.4 is 10.1 Å². The van der Waals surface area contributed by atoms with Crippen LogP contribution in [0.5, 0.6) is 5.75 Å². The molecule has 116 valence electrons. The zero-order valence-electron chi connectivity index (χ0n) is 13.9. The second kappa shape index (κ2) is 6.65. The number of carbonyl (C=O) groups excluding carboxylic acids is 1. The van der Waals surface area contributed by atoms with Gasteiger partial charge in [-0.2, -0.15) is 0 Å². The second-order valence-electron chi connectivity index (χ2n) is 5.74. The molecule has 1 N–H and O–H groups in total. The molecule has 3 heteroatoms. The lowest BCUT2D eigenvalue weighted by molar-refractivity contribution is -0.122. The summed E-state index contributed by atoms with van der Waals surface area (Å²) < 4.78 is 5.74. The lowest BCUT2D eigenvalue weighted by Crippen LogP contribution is -2.30. The lowest BCUT2D eigenvalue weighted by Gasteiger charge is -2.17. The molecule has 22 heavy (non-hydrogen) atoms. The summed E-state index contributed by atoms with van der Waals surface area (Å²) in [4.78, 5) is 12.3. The average Bonchev–Trinajstić information content (AvgIpc) is 2.47. The highest BCUT2D eigenvalue weighted by Crippen LogP contribution is 2.20. The summed E-state index contributed by atoms with van der Waals surface area (Å²) in [6.07, 6.45) is -0.554. The van der Waals surface area contributed by atoms with E-state index in [0.29, 0.717) is 5.75 Å². The minimum Gasteiger partial charge on any atom is -0.481 e. The van der Waals surface area contributed by atoms with Crippen LogP contribution in [0.1, 0.15) is 29.2 Å². The number of hydrogen-bond donors (Lipinski definition) is 1. The van der Waals surface area contributed by atoms with Crippen molar-refractivity contribution in [3.8, 4) is 5.75 Å². The smallest absolute Gasteiger partial charge is 0.265 e. The number of hydrogen-bond acceptors (Lipinski definition) is 2. The van der Waals surface area contributed by atoms with E-state index in [2.05, 4.69) is 12.2 Å². The molecular weight excluding hydrogens is 274 g/mol. The zero-order valence-corrected chi connectivity index (χ0v) is 13.9. The maximum absolute atomic E-state index is 12.3. The van der Waals surface area contributed by atoms with Crippen LogP contribution in [-0.4, -0.2) is 12.0 Å². The Balaban J connectivity index is 2.06. The van der Waals surface area contributed by atoms with Crippen LogP contribution in [0.2, 0.25) is 0 Å². The number of nitrogens with one attached hydrogen (secondary N) is 1. The van der Waals surface area contributed by atoms with Gasteiger partial charge in [0.1, 0.15) is 5.75 Å². The van der Waals surface area contributed by atoms with Crippen molar-refractivity contribution < 1.29 is 9.53 Å². The van der Waals surface area contributed by atoms with Crippen molar-refractivity contribution in [2.45, 2.75) is 40.7 Å². The van der Waals surface area contributed by atoms with Crippen LogP contribution >= 0.6 is 0 Å². The fraction of sp³-hybridized carbons (Fsp3) is 0.316. The Morgan fingerprint density at radius 1 is 1.00 bits per heavy atom. The monoisotopic (exact) mass is 297 g/mol. The summed E-state index contributed by atoms with van der Waals surface area (Å²) in [6, 6.07) is 11.7. The van der Waals surface area contributed by atoms with E-state index in [0.717, 1.165) is 22.4 Å². The molecule has 0 heterocycles. The molecule has 0 bridgehead atoms. The average molecular weight is 297 g/mol. The van der Waals surface area contributed by atoms with Crippen LogP contribution in [0.3, 0.4) is 0 Å². The Kier molecular flexibility index (Phi) is 4.86. The molecule has 0 radical (unpaired) electrons. The van der Waals surface area contributed by atoms with Gasteiger partial charge in [0.25, 0.3) is 5.91 Å². The van der Waals surface area contributed by atoms with Gasteiger partial charge in [0.2, 0.25) is 0 Å². The second-order valence-corrected chi connectivity index (χ2v) is 5.74. The van der Waals surface area contributed by atoms with Gasteiger partial charge in [0, 0.05) is 5.69 Å². The third-order valence-corrected chi connectivity index (χ3v) is 4.02. The summed E-state index contributed by atoms with van der Waals surface area (Å²) >= 11 is 0. The Bertz CT molecular complexity index is 692. The van der Waals surface area contributed by atoms with E-state index in [1.807, 2.05) is 57.2 Å². The summed E-state index contributed by atoms with van der Waals surface area (Å²) in [5, 5.41) is 2.93. The molecule has 3 nitrogen and oxygen atoms in total. The largest absolute Gasteiger partial charge is 0.481 e. The molecule has 0 aromatic heterocycles. The molecule has 2 rings (SSSR count). The van der Waals surface area contributed by atoms with Crippen molar-refractivity contribution in [3.05, 3.63) is 58.7 Å². The van der Waals surface area contributed by atoms with E-state index in [1.54, 1.807) is 6.92 Å². The number of carbonyl (C=O) groups is 1. The first-order valence-electron chi connectivity index (χ1n) is 7.49. The van der Waals surface area contributed by atoms with Crippen molar-refractivity contribution in [2.24, 2.45) is 0 Å². The highest BCUT2D eigenvalue weighted by atomic mass is 16.5. The summed E-state index contributed by atoms with van der Waals surface area (Å²) in [6.45, 7) is 9.87. The van der Waals surface area contributed by atoms with Crippen LogP contribution in [0.15, 0.2) is 36.4 Å². The fourth-order valence-corrected chi connectivity index (χ4v) is 2.17. The highest BCUT2D eigenvalue weighted by Gasteiger charge is 2.16. The van der Waals surface area contributed by atoms with Gasteiger partial charge < -0.3 is 10.1 Å². The van der Waals surface area contributed by atoms with Gasteiger partial charge in [-0.3, -0.25) is 4.79 Å². The van der Waals surface area contributed by atoms with Gasteiger partial charge in [0.15, 0.2) is 6.10 Å². The van der Waals surface area contributed by atoms with Crippen LogP contribution in [0.4, 0.5) is 5.69 Å². The summed E-state index contributed by atoms with van der Waals surface area (Å²) in [5.74, 6) is 0.568. The van der Waals surface area contributed by atoms with Gasteiger partial charge in [-0.15, -0.1) is 0 Å². The van der Waals surface area contributed by atoms with Crippen molar-refractivity contribution >= 4 is 11.6 Å². The van der Waals surface area contributed by atoms with E-state index in [1.165, 1.54) is 5.56 Å². The van der Waals surface area contributed by atoms with Crippen LogP contribution in [0, 0.1) is 27.7 Å². The maximum atomic E-state index is 12.3. The van der Waals surface area contributed by atoms with E-state index in [9.17, 15) is 4.79 Å². The molecular formula is C19H23NO2. The summed E-state index contributed by atoms with van der Waals surface area (Å²) in [7, 11) is 0. The van der Waals surface area contributed by atoms with Crippen molar-refractivity contribution in [2.75, 3.05) is 5.32 Å². The Morgan fingerprint density at radius 3 is 2.41 bits per heavy atom. The topological polar surface area (TPSA) is 38.3 Å². The first-order chi connectivity index (χ1) is 10.4. The molecule has 2 aromatic rings. The van der Waals surface area contributed by atoms with Crippen LogP contribution in [0.25, 0.3) is 0 Å². The van der Waals surface area contributed by atoms with Crippen molar-refractivity contribution in [1.29, 1.82) is 0 Å². The molecule has 0 unspecified atom stereocenters. The normalized spacial score (nSPS) is 11.9. The van der Waals surface area contributed by atoms with Gasteiger partial charge in [-0.05, 0) is 75.1 Å². The van der Waals surface area contributed by atoms with Gasteiger partial charge >= 0.3 is 0 Å². The highest BCUT2D eigenvalue weighted by molar-refractivity contribution is 5.94. The molecule has 1 atom stereocenters. The predicted molar refractivity (Wildman–Crippen MR) is 90.6 cm³/mol. The van der Waals surface area contributed by atoms with E-state index in [4.69, 9.17) is 4.74 Å². The third kappa shape index (κ3) is 3.67. The quantitative estimate of drug-likeness (QED) is 0.912. The Labute approximate surface area is 132 Å². The van der Waals surface area contributed by atoms with Crippen molar-refractivity contribution in [3.63, 3.8) is 0 Å². The first-order valence-corrected chi connectivity index (χ1v) is 7.49. The first kappa shape index (κ1) is 16.1. The molecule has 0 fully saturated rings. The Morgan fingerprint density at radius 2 is 1.73 bits per heavy atom. The lowest BCUT2D eigenvalue weighted by atomic mass is 10.1.